The fourth-order valence-electron chi connectivity index (χ4n) is 4.84. The first-order chi connectivity index (χ1) is 13.0. The van der Waals surface area contributed by atoms with Crippen LogP contribution in [0.25, 0.3) is 0 Å². The third-order valence-corrected chi connectivity index (χ3v) is 7.65. The van der Waals surface area contributed by atoms with Crippen molar-refractivity contribution in [3.63, 3.8) is 0 Å². The molecule has 1 saturated heterocycles. The largest absolute Gasteiger partial charge is 0.390 e. The van der Waals surface area contributed by atoms with Gasteiger partial charge in [-0.25, -0.2) is 0 Å². The van der Waals surface area contributed by atoms with Crippen molar-refractivity contribution in [1.82, 2.24) is 0 Å². The van der Waals surface area contributed by atoms with Crippen molar-refractivity contribution >= 4 is 11.8 Å². The zero-order valence-corrected chi connectivity index (χ0v) is 17.0. The fraction of sp³-hybridized carbons (Fsp3) is 0.500. The van der Waals surface area contributed by atoms with Gasteiger partial charge in [-0.15, -0.1) is 11.8 Å². The van der Waals surface area contributed by atoms with Crippen molar-refractivity contribution in [2.75, 3.05) is 6.26 Å². The molecule has 2 aromatic rings. The molecule has 27 heavy (non-hydrogen) atoms. The van der Waals surface area contributed by atoms with Crippen LogP contribution in [0, 0.1) is 12.3 Å². The Hall–Kier alpha value is -1.29. The number of rotatable bonds is 4. The lowest BCUT2D eigenvalue weighted by molar-refractivity contribution is -0.115. The van der Waals surface area contributed by atoms with Gasteiger partial charge in [-0.3, -0.25) is 0 Å². The van der Waals surface area contributed by atoms with Crippen LogP contribution in [0.1, 0.15) is 60.5 Å². The zero-order chi connectivity index (χ0) is 18.6. The molecule has 3 heteroatoms. The Morgan fingerprint density at radius 3 is 2.48 bits per heavy atom. The number of aliphatic hydroxyl groups is 1. The van der Waals surface area contributed by atoms with Gasteiger partial charge in [0.2, 0.25) is 0 Å². The Morgan fingerprint density at radius 2 is 1.85 bits per heavy atom. The number of aliphatic hydroxyl groups excluding tert-OH is 1. The summed E-state index contributed by atoms with van der Waals surface area (Å²) in [6.45, 7) is 2.20. The molecule has 0 radical (unpaired) electrons. The van der Waals surface area contributed by atoms with E-state index in [-0.39, 0.29) is 17.8 Å². The Morgan fingerprint density at radius 1 is 1.11 bits per heavy atom. The number of hydrogen-bond donors (Lipinski definition) is 1. The number of aryl methyl sites for hydroxylation is 1. The lowest BCUT2D eigenvalue weighted by Crippen LogP contribution is -2.33. The minimum atomic E-state index is -0.252. The van der Waals surface area contributed by atoms with Gasteiger partial charge in [0, 0.05) is 11.3 Å². The molecule has 2 aromatic carbocycles. The highest BCUT2D eigenvalue weighted by Gasteiger charge is 2.65. The van der Waals surface area contributed by atoms with Crippen LogP contribution in [0.15, 0.2) is 47.4 Å². The number of thioether (sulfide) groups is 1. The van der Waals surface area contributed by atoms with E-state index < -0.39 is 0 Å². The average molecular weight is 381 g/mol. The first-order valence-corrected chi connectivity index (χ1v) is 11.3. The summed E-state index contributed by atoms with van der Waals surface area (Å²) < 4.78 is 6.48. The van der Waals surface area contributed by atoms with Gasteiger partial charge < -0.3 is 9.84 Å². The third kappa shape index (κ3) is 3.35. The molecule has 2 spiro atoms. The third-order valence-electron chi connectivity index (χ3n) is 6.91. The molecule has 2 aliphatic carbocycles. The highest BCUT2D eigenvalue weighted by Crippen LogP contribution is 2.66. The molecule has 1 aliphatic heterocycles. The van der Waals surface area contributed by atoms with Gasteiger partial charge in [0.05, 0.1) is 17.8 Å². The Kier molecular flexibility index (Phi) is 4.19. The molecule has 1 N–H and O–H groups in total. The molecule has 5 rings (SSSR count). The molecule has 1 heterocycles. The van der Waals surface area contributed by atoms with Crippen molar-refractivity contribution in [1.29, 1.82) is 0 Å². The summed E-state index contributed by atoms with van der Waals surface area (Å²) in [7, 11) is 0. The van der Waals surface area contributed by atoms with Crippen LogP contribution in [-0.4, -0.2) is 23.1 Å². The van der Waals surface area contributed by atoms with Gasteiger partial charge in [-0.2, -0.15) is 0 Å². The van der Waals surface area contributed by atoms with Crippen LogP contribution < -0.4 is 0 Å². The number of ether oxygens (including phenoxy) is 1. The van der Waals surface area contributed by atoms with Gasteiger partial charge in [-0.1, -0.05) is 30.3 Å². The molecule has 3 fully saturated rings. The van der Waals surface area contributed by atoms with Crippen LogP contribution in [0.3, 0.4) is 0 Å². The normalized spacial score (nSPS) is 30.6. The van der Waals surface area contributed by atoms with Crippen LogP contribution in [0.4, 0.5) is 0 Å². The predicted octanol–water partition coefficient (Wildman–Crippen LogP) is 5.44. The molecular weight excluding hydrogens is 352 g/mol. The van der Waals surface area contributed by atoms with Crippen molar-refractivity contribution in [3.05, 3.63) is 64.7 Å². The smallest absolute Gasteiger partial charge is 0.0980 e. The van der Waals surface area contributed by atoms with Crippen molar-refractivity contribution in [2.24, 2.45) is 5.41 Å². The van der Waals surface area contributed by atoms with E-state index in [2.05, 4.69) is 55.6 Å². The molecule has 0 bridgehead atoms. The molecule has 0 amide bonds. The van der Waals surface area contributed by atoms with Gasteiger partial charge in [0.1, 0.15) is 0 Å². The summed E-state index contributed by atoms with van der Waals surface area (Å²) in [5, 5.41) is 10.2. The number of benzene rings is 2. The monoisotopic (exact) mass is 380 g/mol. The average Bonchev–Trinajstić information content (AvgIpc) is 3.55. The highest BCUT2D eigenvalue weighted by molar-refractivity contribution is 7.98. The van der Waals surface area contributed by atoms with E-state index >= 15 is 0 Å². The second kappa shape index (κ2) is 6.37. The van der Waals surface area contributed by atoms with Crippen LogP contribution >= 0.6 is 11.8 Å². The molecule has 2 saturated carbocycles. The Bertz CT molecular complexity index is 855. The summed E-state index contributed by atoms with van der Waals surface area (Å²) >= 11 is 1.78. The first kappa shape index (κ1) is 17.8. The quantitative estimate of drug-likeness (QED) is 0.716. The van der Waals surface area contributed by atoms with E-state index in [0.717, 1.165) is 25.7 Å². The molecule has 0 aromatic heterocycles. The summed E-state index contributed by atoms with van der Waals surface area (Å²) in [6.07, 6.45) is 8.58. The molecule has 0 unspecified atom stereocenters. The molecular formula is C24H28O2S. The summed E-state index contributed by atoms with van der Waals surface area (Å²) in [5.74, 6) is 0. The first-order valence-electron chi connectivity index (χ1n) is 10.1. The van der Waals surface area contributed by atoms with Crippen molar-refractivity contribution < 1.29 is 9.84 Å². The molecule has 142 valence electrons. The summed E-state index contributed by atoms with van der Waals surface area (Å²) in [5.41, 5.74) is 5.57. The Labute approximate surface area is 166 Å². The van der Waals surface area contributed by atoms with E-state index in [1.54, 1.807) is 11.8 Å². The van der Waals surface area contributed by atoms with Gasteiger partial charge in [-0.05, 0) is 85.1 Å². The Balaban J connectivity index is 1.39. The zero-order valence-electron chi connectivity index (χ0n) is 16.2. The van der Waals surface area contributed by atoms with Crippen LogP contribution in [0.5, 0.6) is 0 Å². The maximum absolute atomic E-state index is 10.2. The second-order valence-electron chi connectivity index (χ2n) is 8.98. The van der Waals surface area contributed by atoms with Gasteiger partial charge >= 0.3 is 0 Å². The second-order valence-corrected chi connectivity index (χ2v) is 9.86. The minimum absolute atomic E-state index is 0.136. The molecule has 3 aliphatic rings. The van der Waals surface area contributed by atoms with E-state index in [1.165, 1.54) is 40.0 Å². The maximum atomic E-state index is 10.2. The maximum Gasteiger partial charge on any atom is 0.0980 e. The van der Waals surface area contributed by atoms with Gasteiger partial charge in [0.15, 0.2) is 0 Å². The topological polar surface area (TPSA) is 29.5 Å². The fourth-order valence-corrected chi connectivity index (χ4v) is 5.25. The molecule has 2 nitrogen and oxygen atoms in total. The lowest BCUT2D eigenvalue weighted by atomic mass is 9.84. The standard InChI is InChI=1S/C24H28O2S/c1-16-3-6-18(12-19(16)11-17-4-7-20(27-2)8-5-17)21-13-23(9-10-23)15-24(26-21)14-22(24)25/h3-8,12,21-22,25H,9-11,13-15H2,1-2H3/t21-,22+,24-/m1/s1. The molecule has 3 atom stereocenters. The van der Waals surface area contributed by atoms with E-state index in [9.17, 15) is 5.11 Å². The number of hydrogen-bond acceptors (Lipinski definition) is 3. The van der Waals surface area contributed by atoms with Crippen LogP contribution in [-0.2, 0) is 11.2 Å². The van der Waals surface area contributed by atoms with E-state index in [0.29, 0.717) is 5.41 Å². The predicted molar refractivity (Wildman–Crippen MR) is 110 cm³/mol. The van der Waals surface area contributed by atoms with E-state index in [4.69, 9.17) is 4.74 Å². The summed E-state index contributed by atoms with van der Waals surface area (Å²) in [4.78, 5) is 1.31. The summed E-state index contributed by atoms with van der Waals surface area (Å²) in [6, 6.07) is 15.7. The SMILES string of the molecule is CSc1ccc(Cc2cc([C@H]3CC4(CC4)C[C@@]4(C[C@@H]4O)O3)ccc2C)cc1. The van der Waals surface area contributed by atoms with Crippen molar-refractivity contribution in [2.45, 2.75) is 68.2 Å². The minimum Gasteiger partial charge on any atom is -0.390 e. The van der Waals surface area contributed by atoms with Crippen LogP contribution in [0.2, 0.25) is 0 Å². The van der Waals surface area contributed by atoms with Crippen molar-refractivity contribution in [3.8, 4) is 0 Å². The van der Waals surface area contributed by atoms with Gasteiger partial charge in [0.25, 0.3) is 0 Å². The lowest BCUT2D eigenvalue weighted by Gasteiger charge is -2.37. The highest BCUT2D eigenvalue weighted by atomic mass is 32.2. The van der Waals surface area contributed by atoms with E-state index in [1.807, 2.05) is 0 Å².